The molecule has 3 aliphatic heterocycles. The van der Waals surface area contributed by atoms with Gasteiger partial charge in [0.1, 0.15) is 6.10 Å². The molecule has 3 aromatic rings. The van der Waals surface area contributed by atoms with E-state index in [1.807, 2.05) is 6.08 Å². The summed E-state index contributed by atoms with van der Waals surface area (Å²) in [5, 5.41) is 0.397. The zero-order chi connectivity index (χ0) is 26.4. The van der Waals surface area contributed by atoms with Gasteiger partial charge in [-0.3, -0.25) is 0 Å². The molecule has 38 heavy (non-hydrogen) atoms. The summed E-state index contributed by atoms with van der Waals surface area (Å²) in [6.07, 6.45) is 6.05. The first kappa shape index (κ1) is 25.9. The van der Waals surface area contributed by atoms with E-state index in [9.17, 15) is 4.79 Å². The summed E-state index contributed by atoms with van der Waals surface area (Å²) < 4.78 is 5.77. The van der Waals surface area contributed by atoms with Crippen molar-refractivity contribution in [3.05, 3.63) is 97.0 Å². The Morgan fingerprint density at radius 1 is 0.684 bits per heavy atom. The van der Waals surface area contributed by atoms with E-state index in [-0.39, 0.29) is 25.7 Å². The predicted octanol–water partition coefficient (Wildman–Crippen LogP) is 8.84. The van der Waals surface area contributed by atoms with Gasteiger partial charge in [0.15, 0.2) is 0 Å². The van der Waals surface area contributed by atoms with Gasteiger partial charge in [-0.05, 0) is 72.7 Å². The maximum atomic E-state index is 12.8. The highest BCUT2D eigenvalue weighted by Crippen LogP contribution is 2.49. The first-order chi connectivity index (χ1) is 18.4. The SMILES string of the molecule is O=C1OC(C=C(c2ccc(N3CCCC3)cc2)c2ccc(N3CCCC3)cc2)c2c(Cl)c(Cl)c(Cl)c(Cl)c21. The van der Waals surface area contributed by atoms with Crippen LogP contribution in [0.5, 0.6) is 0 Å². The van der Waals surface area contributed by atoms with E-state index in [0.717, 1.165) is 42.9 Å². The highest BCUT2D eigenvalue weighted by Gasteiger charge is 2.37. The summed E-state index contributed by atoms with van der Waals surface area (Å²) in [5.41, 5.74) is 5.97. The molecule has 3 aliphatic rings. The van der Waals surface area contributed by atoms with Crippen molar-refractivity contribution in [1.29, 1.82) is 0 Å². The van der Waals surface area contributed by atoms with Gasteiger partial charge in [0.2, 0.25) is 0 Å². The second kappa shape index (κ2) is 10.7. The number of nitrogens with zero attached hydrogens (tertiary/aromatic N) is 2. The van der Waals surface area contributed by atoms with Crippen LogP contribution < -0.4 is 9.80 Å². The van der Waals surface area contributed by atoms with Gasteiger partial charge in [0, 0.05) is 43.1 Å². The van der Waals surface area contributed by atoms with Crippen LogP contribution in [0.1, 0.15) is 58.8 Å². The van der Waals surface area contributed by atoms with E-state index >= 15 is 0 Å². The third-order valence-electron chi connectivity index (χ3n) is 7.64. The minimum Gasteiger partial charge on any atom is -0.449 e. The number of halogens is 4. The summed E-state index contributed by atoms with van der Waals surface area (Å²) in [4.78, 5) is 17.6. The standard InChI is InChI=1S/C30H26Cl4N2O2/c31-26-24-23(38-30(37)25(24)27(32)29(34)28(26)33)17-22(18-5-9-20(10-6-18)35-13-1-2-14-35)19-7-11-21(12-8-19)36-15-3-4-16-36/h5-12,17,23H,1-4,13-16H2. The fraction of sp³-hybridized carbons (Fsp3) is 0.300. The molecule has 0 aromatic heterocycles. The maximum absolute atomic E-state index is 12.8. The Kier molecular flexibility index (Phi) is 7.26. The molecule has 0 spiro atoms. The van der Waals surface area contributed by atoms with Crippen LogP contribution in [0.3, 0.4) is 0 Å². The molecule has 2 saturated heterocycles. The van der Waals surface area contributed by atoms with Crippen molar-refractivity contribution < 1.29 is 9.53 Å². The lowest BCUT2D eigenvalue weighted by molar-refractivity contribution is 0.0468. The molecule has 0 aliphatic carbocycles. The number of rotatable bonds is 5. The molecule has 8 heteroatoms. The number of hydrogen-bond donors (Lipinski definition) is 0. The molecule has 6 rings (SSSR count). The average molecular weight is 588 g/mol. The lowest BCUT2D eigenvalue weighted by Gasteiger charge is -2.20. The molecule has 0 saturated carbocycles. The summed E-state index contributed by atoms with van der Waals surface area (Å²) >= 11 is 25.6. The number of cyclic esters (lactones) is 1. The number of carbonyl (C=O) groups is 1. The highest BCUT2D eigenvalue weighted by molar-refractivity contribution is 6.53. The van der Waals surface area contributed by atoms with Crippen LogP contribution in [-0.4, -0.2) is 32.1 Å². The van der Waals surface area contributed by atoms with Crippen LogP contribution in [0.2, 0.25) is 20.1 Å². The number of esters is 1. The largest absolute Gasteiger partial charge is 0.449 e. The topological polar surface area (TPSA) is 32.8 Å². The van der Waals surface area contributed by atoms with Crippen LogP contribution >= 0.6 is 46.4 Å². The van der Waals surface area contributed by atoms with Crippen LogP contribution in [0.25, 0.3) is 5.57 Å². The third-order valence-corrected chi connectivity index (χ3v) is 9.46. The number of hydrogen-bond acceptors (Lipinski definition) is 4. The van der Waals surface area contributed by atoms with Crippen LogP contribution in [0.15, 0.2) is 54.6 Å². The zero-order valence-electron chi connectivity index (χ0n) is 20.7. The molecule has 0 amide bonds. The van der Waals surface area contributed by atoms with E-state index in [2.05, 4.69) is 58.3 Å². The van der Waals surface area contributed by atoms with Crippen molar-refractivity contribution >= 4 is 69.3 Å². The van der Waals surface area contributed by atoms with E-state index in [0.29, 0.717) is 5.56 Å². The number of ether oxygens (including phenoxy) is 1. The summed E-state index contributed by atoms with van der Waals surface area (Å²) in [6.45, 7) is 4.32. The van der Waals surface area contributed by atoms with Crippen LogP contribution in [0, 0.1) is 0 Å². The van der Waals surface area contributed by atoms with Crippen molar-refractivity contribution in [1.82, 2.24) is 0 Å². The minimum absolute atomic E-state index is 0.0499. The fourth-order valence-electron chi connectivity index (χ4n) is 5.63. The Morgan fingerprint density at radius 3 is 1.61 bits per heavy atom. The molecular formula is C30H26Cl4N2O2. The second-order valence-corrected chi connectivity index (χ2v) is 11.4. The molecule has 1 unspecified atom stereocenters. The first-order valence-electron chi connectivity index (χ1n) is 12.9. The van der Waals surface area contributed by atoms with Crippen molar-refractivity contribution in [3.63, 3.8) is 0 Å². The van der Waals surface area contributed by atoms with Gasteiger partial charge in [-0.1, -0.05) is 70.7 Å². The Labute approximate surface area is 242 Å². The quantitative estimate of drug-likeness (QED) is 0.169. The van der Waals surface area contributed by atoms with Crippen molar-refractivity contribution in [2.45, 2.75) is 31.8 Å². The molecule has 4 nitrogen and oxygen atoms in total. The molecule has 0 N–H and O–H groups in total. The molecule has 0 radical (unpaired) electrons. The molecular weight excluding hydrogens is 562 g/mol. The Morgan fingerprint density at radius 2 is 1.13 bits per heavy atom. The molecule has 1 atom stereocenters. The van der Waals surface area contributed by atoms with Gasteiger partial charge < -0.3 is 14.5 Å². The summed E-state index contributed by atoms with van der Waals surface area (Å²) in [5.74, 6) is -0.570. The Balaban J connectivity index is 1.43. The maximum Gasteiger partial charge on any atom is 0.341 e. The van der Waals surface area contributed by atoms with E-state index in [1.54, 1.807) is 0 Å². The van der Waals surface area contributed by atoms with Gasteiger partial charge in [0.25, 0.3) is 0 Å². The molecule has 3 heterocycles. The lowest BCUT2D eigenvalue weighted by Crippen LogP contribution is -2.17. The molecule has 196 valence electrons. The molecule has 0 bridgehead atoms. The van der Waals surface area contributed by atoms with Gasteiger partial charge in [-0.2, -0.15) is 0 Å². The lowest BCUT2D eigenvalue weighted by atomic mass is 9.93. The van der Waals surface area contributed by atoms with Gasteiger partial charge in [-0.25, -0.2) is 4.79 Å². The van der Waals surface area contributed by atoms with Gasteiger partial charge in [-0.15, -0.1) is 0 Å². The third kappa shape index (κ3) is 4.66. The van der Waals surface area contributed by atoms with Crippen molar-refractivity contribution in [2.75, 3.05) is 36.0 Å². The smallest absolute Gasteiger partial charge is 0.341 e. The molecule has 3 aromatic carbocycles. The molecule has 2 fully saturated rings. The van der Waals surface area contributed by atoms with Crippen LogP contribution in [-0.2, 0) is 4.74 Å². The number of anilines is 2. The fourth-order valence-corrected chi connectivity index (χ4v) is 6.68. The van der Waals surface area contributed by atoms with E-state index < -0.39 is 12.1 Å². The average Bonchev–Trinajstić information content (AvgIpc) is 3.72. The summed E-state index contributed by atoms with van der Waals surface area (Å²) in [7, 11) is 0. The number of benzene rings is 3. The Bertz CT molecular complexity index is 1350. The van der Waals surface area contributed by atoms with Crippen molar-refractivity contribution in [2.24, 2.45) is 0 Å². The van der Waals surface area contributed by atoms with E-state index in [1.165, 1.54) is 37.1 Å². The zero-order valence-corrected chi connectivity index (χ0v) is 23.7. The van der Waals surface area contributed by atoms with Crippen LogP contribution in [0.4, 0.5) is 11.4 Å². The van der Waals surface area contributed by atoms with Crippen molar-refractivity contribution in [3.8, 4) is 0 Å². The number of fused-ring (bicyclic) bond motifs is 1. The second-order valence-electron chi connectivity index (χ2n) is 9.93. The normalized spacial score (nSPS) is 18.6. The monoisotopic (exact) mass is 586 g/mol. The Hall–Kier alpha value is -2.37. The van der Waals surface area contributed by atoms with Gasteiger partial charge >= 0.3 is 5.97 Å². The highest BCUT2D eigenvalue weighted by atomic mass is 35.5. The van der Waals surface area contributed by atoms with E-state index in [4.69, 9.17) is 51.1 Å². The predicted molar refractivity (Wildman–Crippen MR) is 157 cm³/mol. The first-order valence-corrected chi connectivity index (χ1v) is 14.4. The number of carbonyl (C=O) groups excluding carboxylic acids is 1. The summed E-state index contributed by atoms with van der Waals surface area (Å²) in [6, 6.07) is 17.1. The van der Waals surface area contributed by atoms with Gasteiger partial charge in [0.05, 0.1) is 25.7 Å². The minimum atomic E-state index is -0.760.